The Labute approximate surface area is 184 Å². The molecule has 4 heteroatoms. The van der Waals surface area contributed by atoms with Gasteiger partial charge in [-0.1, -0.05) is 65.7 Å². The predicted octanol–water partition coefficient (Wildman–Crippen LogP) is 5.93. The number of benzene rings is 3. The number of nitrogens with one attached hydrogen (secondary N) is 1. The van der Waals surface area contributed by atoms with Gasteiger partial charge in [0.15, 0.2) is 0 Å². The molecule has 0 saturated carbocycles. The molecule has 31 heavy (non-hydrogen) atoms. The lowest BCUT2D eigenvalue weighted by molar-refractivity contribution is 0.266. The maximum Gasteiger partial charge on any atom is 0.203 e. The number of nitriles is 1. The van der Waals surface area contributed by atoms with Crippen LogP contribution in [0.5, 0.6) is 0 Å². The summed E-state index contributed by atoms with van der Waals surface area (Å²) < 4.78 is 0. The van der Waals surface area contributed by atoms with Crippen molar-refractivity contribution in [2.75, 3.05) is 18.0 Å². The molecule has 0 amide bonds. The number of rotatable bonds is 3. The Bertz CT molecular complexity index is 1030. The number of nitrogens with zero attached hydrogens (tertiary/aromatic N) is 3. The lowest BCUT2D eigenvalue weighted by atomic mass is 9.74. The zero-order valence-corrected chi connectivity index (χ0v) is 18.2. The Kier molecular flexibility index (Phi) is 5.77. The number of piperidine rings is 1. The monoisotopic (exact) mass is 408 g/mol. The summed E-state index contributed by atoms with van der Waals surface area (Å²) in [6.07, 6.45) is 1.43. The van der Waals surface area contributed by atoms with Crippen LogP contribution in [0.1, 0.15) is 29.5 Å². The largest absolute Gasteiger partial charge is 0.342 e. The van der Waals surface area contributed by atoms with Crippen molar-refractivity contribution in [3.8, 4) is 6.07 Å². The van der Waals surface area contributed by atoms with E-state index in [4.69, 9.17) is 5.41 Å². The average molecular weight is 409 g/mol. The van der Waals surface area contributed by atoms with E-state index in [1.165, 1.54) is 11.1 Å². The number of anilines is 2. The summed E-state index contributed by atoms with van der Waals surface area (Å²) in [7, 11) is 0. The average Bonchev–Trinajstić information content (AvgIpc) is 2.82. The highest BCUT2D eigenvalue weighted by Gasteiger charge is 2.38. The molecule has 0 aliphatic carbocycles. The summed E-state index contributed by atoms with van der Waals surface area (Å²) in [6, 6.07) is 29.3. The molecule has 1 fully saturated rings. The Morgan fingerprint density at radius 2 is 1.32 bits per heavy atom. The van der Waals surface area contributed by atoms with E-state index in [1.54, 1.807) is 0 Å². The fraction of sp³-hybridized carbons (Fsp3) is 0.259. The first-order chi connectivity index (χ1) is 15.0. The molecule has 0 bridgehead atoms. The molecule has 1 N–H and O–H groups in total. The highest BCUT2D eigenvalue weighted by atomic mass is 15.4. The van der Waals surface area contributed by atoms with Crippen molar-refractivity contribution in [2.24, 2.45) is 0 Å². The summed E-state index contributed by atoms with van der Waals surface area (Å²) in [5.41, 5.74) is 4.94. The van der Waals surface area contributed by atoms with Crippen molar-refractivity contribution in [1.29, 1.82) is 10.7 Å². The van der Waals surface area contributed by atoms with Crippen LogP contribution in [-0.4, -0.2) is 23.9 Å². The van der Waals surface area contributed by atoms with Crippen LogP contribution >= 0.6 is 0 Å². The SMILES string of the molecule is Cc1ccc(N(C(=N)N2CCC(C#N)(c3ccccc3)CC2)c2ccc(C)cc2)cc1. The molecule has 0 unspecified atom stereocenters. The fourth-order valence-electron chi connectivity index (χ4n) is 4.25. The number of likely N-dealkylation sites (tertiary alicyclic amines) is 1. The van der Waals surface area contributed by atoms with Gasteiger partial charge in [0.05, 0.1) is 11.5 Å². The summed E-state index contributed by atoms with van der Waals surface area (Å²) in [5.74, 6) is 0.451. The first kappa shape index (κ1) is 20.7. The summed E-state index contributed by atoms with van der Waals surface area (Å²) >= 11 is 0. The third-order valence-electron chi connectivity index (χ3n) is 6.25. The van der Waals surface area contributed by atoms with E-state index in [0.717, 1.165) is 16.9 Å². The molecule has 1 saturated heterocycles. The van der Waals surface area contributed by atoms with Gasteiger partial charge >= 0.3 is 0 Å². The van der Waals surface area contributed by atoms with Gasteiger partial charge in [0.1, 0.15) is 0 Å². The Hall–Kier alpha value is -3.58. The normalized spacial score (nSPS) is 15.2. The zero-order valence-electron chi connectivity index (χ0n) is 18.2. The number of aryl methyl sites for hydroxylation is 2. The van der Waals surface area contributed by atoms with E-state index >= 15 is 0 Å². The first-order valence-electron chi connectivity index (χ1n) is 10.8. The maximum absolute atomic E-state index is 10.0. The first-order valence-corrected chi connectivity index (χ1v) is 10.8. The molecule has 0 aromatic heterocycles. The molecule has 1 heterocycles. The van der Waals surface area contributed by atoms with Gasteiger partial charge in [0.2, 0.25) is 5.96 Å². The van der Waals surface area contributed by atoms with Gasteiger partial charge in [0.25, 0.3) is 0 Å². The van der Waals surface area contributed by atoms with E-state index in [9.17, 15) is 5.26 Å². The highest BCUT2D eigenvalue weighted by molar-refractivity contribution is 6.01. The van der Waals surface area contributed by atoms with Crippen molar-refractivity contribution >= 4 is 17.3 Å². The molecule has 0 radical (unpaired) electrons. The lowest BCUT2D eigenvalue weighted by Gasteiger charge is -2.41. The second kappa shape index (κ2) is 8.65. The molecule has 4 nitrogen and oxygen atoms in total. The molecule has 3 aromatic rings. The molecule has 4 rings (SSSR count). The van der Waals surface area contributed by atoms with Gasteiger partial charge in [-0.25, -0.2) is 0 Å². The minimum Gasteiger partial charge on any atom is -0.342 e. The Morgan fingerprint density at radius 1 is 0.839 bits per heavy atom. The van der Waals surface area contributed by atoms with Gasteiger partial charge in [-0.2, -0.15) is 5.26 Å². The van der Waals surface area contributed by atoms with E-state index in [1.807, 2.05) is 23.1 Å². The molecular formula is C27H28N4. The van der Waals surface area contributed by atoms with Crippen molar-refractivity contribution in [2.45, 2.75) is 32.1 Å². The van der Waals surface area contributed by atoms with Crippen LogP contribution in [0.25, 0.3) is 0 Å². The number of guanidine groups is 1. The molecule has 156 valence electrons. The topological polar surface area (TPSA) is 54.1 Å². The second-order valence-corrected chi connectivity index (χ2v) is 8.38. The fourth-order valence-corrected chi connectivity index (χ4v) is 4.25. The summed E-state index contributed by atoms with van der Waals surface area (Å²) in [4.78, 5) is 4.10. The summed E-state index contributed by atoms with van der Waals surface area (Å²) in [5, 5.41) is 19.1. The zero-order chi connectivity index (χ0) is 21.8. The molecule has 0 spiro atoms. The quantitative estimate of drug-likeness (QED) is 0.431. The minimum atomic E-state index is -0.476. The van der Waals surface area contributed by atoms with Crippen LogP contribution in [0, 0.1) is 30.6 Å². The van der Waals surface area contributed by atoms with Gasteiger partial charge < -0.3 is 4.90 Å². The molecular weight excluding hydrogens is 380 g/mol. The van der Waals surface area contributed by atoms with Crippen LogP contribution in [0.15, 0.2) is 78.9 Å². The van der Waals surface area contributed by atoms with Gasteiger partial charge in [-0.15, -0.1) is 0 Å². The summed E-state index contributed by atoms with van der Waals surface area (Å²) in [6.45, 7) is 5.49. The standard InChI is InChI=1S/C27H28N4/c1-21-8-12-24(13-9-21)31(25-14-10-22(2)11-15-25)26(29)30-18-16-27(20-28,17-19-30)23-6-4-3-5-7-23/h3-15,29H,16-19H2,1-2H3. The Balaban J connectivity index is 1.60. The predicted molar refractivity (Wildman–Crippen MR) is 127 cm³/mol. The van der Waals surface area contributed by atoms with Crippen molar-refractivity contribution in [3.63, 3.8) is 0 Å². The van der Waals surface area contributed by atoms with E-state index in [0.29, 0.717) is 31.9 Å². The van der Waals surface area contributed by atoms with Crippen LogP contribution in [0.2, 0.25) is 0 Å². The minimum absolute atomic E-state index is 0.451. The van der Waals surface area contributed by atoms with Crippen molar-refractivity contribution in [3.05, 3.63) is 95.6 Å². The van der Waals surface area contributed by atoms with Crippen LogP contribution in [0.3, 0.4) is 0 Å². The number of hydrogen-bond donors (Lipinski definition) is 1. The van der Waals surface area contributed by atoms with E-state index < -0.39 is 5.41 Å². The van der Waals surface area contributed by atoms with Crippen molar-refractivity contribution in [1.82, 2.24) is 4.90 Å². The van der Waals surface area contributed by atoms with Gasteiger partial charge in [-0.3, -0.25) is 10.3 Å². The molecule has 1 aliphatic heterocycles. The van der Waals surface area contributed by atoms with Gasteiger partial charge in [-0.05, 0) is 56.5 Å². The van der Waals surface area contributed by atoms with Crippen LogP contribution in [-0.2, 0) is 5.41 Å². The van der Waals surface area contributed by atoms with E-state index in [2.05, 4.69) is 85.5 Å². The third kappa shape index (κ3) is 4.18. The van der Waals surface area contributed by atoms with Crippen molar-refractivity contribution < 1.29 is 0 Å². The third-order valence-corrected chi connectivity index (χ3v) is 6.25. The second-order valence-electron chi connectivity index (χ2n) is 8.38. The van der Waals surface area contributed by atoms with E-state index in [-0.39, 0.29) is 0 Å². The number of hydrogen-bond acceptors (Lipinski definition) is 2. The molecule has 1 aliphatic rings. The Morgan fingerprint density at radius 3 is 1.77 bits per heavy atom. The maximum atomic E-state index is 10.0. The molecule has 0 atom stereocenters. The lowest BCUT2D eigenvalue weighted by Crippen LogP contribution is -2.49. The van der Waals surface area contributed by atoms with Gasteiger partial charge in [0, 0.05) is 24.5 Å². The van der Waals surface area contributed by atoms with Crippen LogP contribution < -0.4 is 4.90 Å². The highest BCUT2D eigenvalue weighted by Crippen LogP contribution is 2.36. The smallest absolute Gasteiger partial charge is 0.203 e. The molecule has 3 aromatic carbocycles. The van der Waals surface area contributed by atoms with Crippen LogP contribution in [0.4, 0.5) is 11.4 Å².